The van der Waals surface area contributed by atoms with Crippen molar-refractivity contribution in [1.29, 1.82) is 0 Å². The van der Waals surface area contributed by atoms with E-state index < -0.39 is 37.7 Å². The molecule has 0 bridgehead atoms. The standard InChI is InChI=1S/C32H47N6O9P/c1-5-9-21-45-32(42)38-19-17-37(18-20-38)31(41)26(23-48(43,46-7-3)47-8-4)35-30(40)25-22-27(33-16-15-28(39)44-6-2)36-29(34-25)24-13-11-10-12-14-24/h10-14,22,26H,5-9,15-21,23H2,1-4H3,(H,35,40)(H,33,34,36)/t26-/m0/s1. The van der Waals surface area contributed by atoms with E-state index in [9.17, 15) is 23.7 Å². The molecular weight excluding hydrogens is 643 g/mol. The lowest BCUT2D eigenvalue weighted by Gasteiger charge is -2.36. The zero-order chi connectivity index (χ0) is 34.9. The largest absolute Gasteiger partial charge is 0.466 e. The van der Waals surface area contributed by atoms with Crippen LogP contribution in [0.2, 0.25) is 0 Å². The van der Waals surface area contributed by atoms with Crippen molar-refractivity contribution in [2.24, 2.45) is 0 Å². The van der Waals surface area contributed by atoms with Gasteiger partial charge in [-0.25, -0.2) is 14.8 Å². The monoisotopic (exact) mass is 690 g/mol. The van der Waals surface area contributed by atoms with Gasteiger partial charge in [0.15, 0.2) is 5.82 Å². The van der Waals surface area contributed by atoms with Gasteiger partial charge in [-0.05, 0) is 27.2 Å². The number of carbonyl (C=O) groups excluding carboxylic acids is 4. The third-order valence-electron chi connectivity index (χ3n) is 7.17. The van der Waals surface area contributed by atoms with Crippen LogP contribution in [0.25, 0.3) is 11.4 Å². The Morgan fingerprint density at radius 2 is 1.56 bits per heavy atom. The smallest absolute Gasteiger partial charge is 0.409 e. The summed E-state index contributed by atoms with van der Waals surface area (Å²) in [5.41, 5.74) is 0.569. The molecule has 1 aromatic heterocycles. The van der Waals surface area contributed by atoms with E-state index in [2.05, 4.69) is 20.6 Å². The second-order valence-electron chi connectivity index (χ2n) is 10.7. The SMILES string of the molecule is CCCCOC(=O)N1CCN(C(=O)[C@H](CP(=O)(OCC)OCC)NC(=O)c2cc(NCCC(=O)OCC)nc(-c3ccccc3)n2)CC1. The number of rotatable bonds is 18. The minimum atomic E-state index is -3.80. The van der Waals surface area contributed by atoms with E-state index in [1.165, 1.54) is 15.9 Å². The maximum Gasteiger partial charge on any atom is 0.409 e. The lowest BCUT2D eigenvalue weighted by Crippen LogP contribution is -2.57. The van der Waals surface area contributed by atoms with E-state index in [1.54, 1.807) is 45.0 Å². The fourth-order valence-electron chi connectivity index (χ4n) is 4.80. The first-order valence-electron chi connectivity index (χ1n) is 16.4. The number of hydrogen-bond acceptors (Lipinski definition) is 12. The zero-order valence-electron chi connectivity index (χ0n) is 28.1. The average Bonchev–Trinajstić information content (AvgIpc) is 3.08. The summed E-state index contributed by atoms with van der Waals surface area (Å²) in [7, 11) is -3.80. The quantitative estimate of drug-likeness (QED) is 0.131. The van der Waals surface area contributed by atoms with Crippen molar-refractivity contribution in [2.45, 2.75) is 53.0 Å². The molecule has 264 valence electrons. The number of unbranched alkanes of at least 4 members (excludes halogenated alkanes) is 1. The van der Waals surface area contributed by atoms with Gasteiger partial charge in [0, 0.05) is 44.4 Å². The number of esters is 1. The fourth-order valence-corrected chi connectivity index (χ4v) is 6.57. The number of nitrogens with zero attached hydrogens (tertiary/aromatic N) is 4. The van der Waals surface area contributed by atoms with E-state index >= 15 is 0 Å². The molecule has 1 aromatic carbocycles. The van der Waals surface area contributed by atoms with Crippen molar-refractivity contribution >= 4 is 37.3 Å². The summed E-state index contributed by atoms with van der Waals surface area (Å²) < 4.78 is 34.8. The Morgan fingerprint density at radius 3 is 2.19 bits per heavy atom. The maximum absolute atomic E-state index is 13.9. The van der Waals surface area contributed by atoms with Crippen molar-refractivity contribution in [1.82, 2.24) is 25.1 Å². The number of aromatic nitrogens is 2. The molecule has 2 aromatic rings. The third-order valence-corrected chi connectivity index (χ3v) is 9.28. The molecule has 1 saturated heterocycles. The van der Waals surface area contributed by atoms with Crippen LogP contribution in [0.3, 0.4) is 0 Å². The fraction of sp³-hybridized carbons (Fsp3) is 0.562. The lowest BCUT2D eigenvalue weighted by atomic mass is 10.2. The summed E-state index contributed by atoms with van der Waals surface area (Å²) in [6.45, 7) is 8.78. The van der Waals surface area contributed by atoms with Crippen molar-refractivity contribution in [3.05, 3.63) is 42.1 Å². The second-order valence-corrected chi connectivity index (χ2v) is 12.8. The number of anilines is 1. The van der Waals surface area contributed by atoms with E-state index in [4.69, 9.17) is 18.5 Å². The highest BCUT2D eigenvalue weighted by molar-refractivity contribution is 7.54. The molecule has 1 fully saturated rings. The molecule has 3 amide bonds. The van der Waals surface area contributed by atoms with E-state index in [-0.39, 0.29) is 82.3 Å². The van der Waals surface area contributed by atoms with Crippen molar-refractivity contribution < 1.29 is 42.3 Å². The van der Waals surface area contributed by atoms with Crippen LogP contribution < -0.4 is 10.6 Å². The molecule has 1 aliphatic heterocycles. The molecule has 0 aliphatic carbocycles. The number of piperazine rings is 1. The predicted molar refractivity (Wildman–Crippen MR) is 179 cm³/mol. The first kappa shape index (κ1) is 38.4. The molecular formula is C32H47N6O9P. The molecule has 1 aliphatic rings. The number of carbonyl (C=O) groups is 4. The van der Waals surface area contributed by atoms with Crippen LogP contribution in [0, 0.1) is 0 Å². The number of hydrogen-bond donors (Lipinski definition) is 2. The summed E-state index contributed by atoms with van der Waals surface area (Å²) in [5, 5.41) is 5.74. The van der Waals surface area contributed by atoms with Crippen LogP contribution >= 0.6 is 7.60 Å². The summed E-state index contributed by atoms with van der Waals surface area (Å²) in [5.74, 6) is -1.10. The molecule has 16 heteroatoms. The first-order chi connectivity index (χ1) is 23.1. The van der Waals surface area contributed by atoms with Crippen LogP contribution in [0.15, 0.2) is 36.4 Å². The number of nitrogens with one attached hydrogen (secondary N) is 2. The summed E-state index contributed by atoms with van der Waals surface area (Å²) in [6.07, 6.45) is 0.869. The Hall–Kier alpha value is -4.07. The highest BCUT2D eigenvalue weighted by Gasteiger charge is 2.37. The number of amides is 3. The van der Waals surface area contributed by atoms with Crippen LogP contribution in [0.1, 0.15) is 57.4 Å². The first-order valence-corrected chi connectivity index (χ1v) is 18.1. The molecule has 0 saturated carbocycles. The van der Waals surface area contributed by atoms with Crippen molar-refractivity contribution in [2.75, 3.05) is 70.6 Å². The highest BCUT2D eigenvalue weighted by Crippen LogP contribution is 2.48. The van der Waals surface area contributed by atoms with Gasteiger partial charge in [-0.2, -0.15) is 0 Å². The second kappa shape index (κ2) is 19.7. The minimum Gasteiger partial charge on any atom is -0.466 e. The minimum absolute atomic E-state index is 0.0671. The number of benzene rings is 1. The van der Waals surface area contributed by atoms with E-state index in [1.807, 2.05) is 13.0 Å². The van der Waals surface area contributed by atoms with Gasteiger partial charge in [0.05, 0.1) is 39.0 Å². The summed E-state index contributed by atoms with van der Waals surface area (Å²) >= 11 is 0. The Bertz CT molecular complexity index is 1400. The van der Waals surface area contributed by atoms with Gasteiger partial charge in [-0.15, -0.1) is 0 Å². The van der Waals surface area contributed by atoms with Gasteiger partial charge in [0.2, 0.25) is 5.91 Å². The summed E-state index contributed by atoms with van der Waals surface area (Å²) in [4.78, 5) is 64.0. The molecule has 0 radical (unpaired) electrons. The normalized spacial score (nSPS) is 13.8. The highest BCUT2D eigenvalue weighted by atomic mass is 31.2. The van der Waals surface area contributed by atoms with Crippen LogP contribution in [0.5, 0.6) is 0 Å². The summed E-state index contributed by atoms with van der Waals surface area (Å²) in [6, 6.07) is 9.10. The molecule has 48 heavy (non-hydrogen) atoms. The van der Waals surface area contributed by atoms with Crippen molar-refractivity contribution in [3.8, 4) is 11.4 Å². The molecule has 3 rings (SSSR count). The Kier molecular flexibility index (Phi) is 15.7. The zero-order valence-corrected chi connectivity index (χ0v) is 29.0. The Morgan fingerprint density at radius 1 is 0.896 bits per heavy atom. The van der Waals surface area contributed by atoms with E-state index in [0.29, 0.717) is 12.2 Å². The lowest BCUT2D eigenvalue weighted by molar-refractivity contribution is -0.142. The maximum atomic E-state index is 13.9. The number of ether oxygens (including phenoxy) is 2. The van der Waals surface area contributed by atoms with Gasteiger partial charge in [-0.3, -0.25) is 18.9 Å². The van der Waals surface area contributed by atoms with Gasteiger partial charge in [0.25, 0.3) is 5.91 Å². The van der Waals surface area contributed by atoms with Gasteiger partial charge in [0.1, 0.15) is 17.6 Å². The van der Waals surface area contributed by atoms with Gasteiger partial charge >= 0.3 is 19.7 Å². The molecule has 2 heterocycles. The molecule has 0 unspecified atom stereocenters. The van der Waals surface area contributed by atoms with Gasteiger partial charge < -0.3 is 39.0 Å². The predicted octanol–water partition coefficient (Wildman–Crippen LogP) is 3.95. The van der Waals surface area contributed by atoms with Crippen LogP contribution in [-0.4, -0.2) is 115 Å². The molecule has 2 N–H and O–H groups in total. The molecule has 15 nitrogen and oxygen atoms in total. The topological polar surface area (TPSA) is 179 Å². The molecule has 0 spiro atoms. The van der Waals surface area contributed by atoms with Gasteiger partial charge in [-0.1, -0.05) is 43.7 Å². The van der Waals surface area contributed by atoms with Crippen LogP contribution in [-0.2, 0) is 32.7 Å². The Balaban J connectivity index is 1.85. The van der Waals surface area contributed by atoms with Crippen LogP contribution in [0.4, 0.5) is 10.6 Å². The average molecular weight is 691 g/mol. The molecule has 1 atom stereocenters. The van der Waals surface area contributed by atoms with Crippen molar-refractivity contribution in [3.63, 3.8) is 0 Å². The Labute approximate surface area is 281 Å². The van der Waals surface area contributed by atoms with E-state index in [0.717, 1.165) is 12.8 Å². The third kappa shape index (κ3) is 11.9.